The van der Waals surface area contributed by atoms with Crippen LogP contribution in [0.5, 0.6) is 0 Å². The highest BCUT2D eigenvalue weighted by Gasteiger charge is 2.20. The zero-order valence-electron chi connectivity index (χ0n) is 11.5. The van der Waals surface area contributed by atoms with Crippen LogP contribution in [-0.2, 0) is 4.79 Å². The van der Waals surface area contributed by atoms with Crippen LogP contribution in [0.3, 0.4) is 0 Å². The van der Waals surface area contributed by atoms with Crippen LogP contribution in [0.15, 0.2) is 30.5 Å². The van der Waals surface area contributed by atoms with Gasteiger partial charge in [0.1, 0.15) is 5.82 Å². The fourth-order valence-electron chi connectivity index (χ4n) is 2.67. The molecule has 1 aromatic heterocycles. The molecule has 1 aromatic carbocycles. The summed E-state index contributed by atoms with van der Waals surface area (Å²) in [5.41, 5.74) is 6.59. The zero-order valence-corrected chi connectivity index (χ0v) is 11.5. The number of piperazine rings is 1. The lowest BCUT2D eigenvalue weighted by Gasteiger charge is -2.35. The molecule has 1 aliphatic heterocycles. The minimum Gasteiger partial charge on any atom is -0.399 e. The lowest BCUT2D eigenvalue weighted by molar-refractivity contribution is -0.129. The Kier molecular flexibility index (Phi) is 3.18. The molecule has 0 aliphatic carbocycles. The molecule has 1 saturated heterocycles. The van der Waals surface area contributed by atoms with Gasteiger partial charge in [-0.2, -0.15) is 0 Å². The number of benzene rings is 1. The normalized spacial score (nSPS) is 15.7. The van der Waals surface area contributed by atoms with Gasteiger partial charge in [0.05, 0.1) is 0 Å². The summed E-state index contributed by atoms with van der Waals surface area (Å²) in [6, 6.07) is 7.86. The number of amides is 1. The summed E-state index contributed by atoms with van der Waals surface area (Å²) in [7, 11) is 0. The monoisotopic (exact) mass is 270 g/mol. The Bertz CT molecular complexity index is 647. The first-order valence-corrected chi connectivity index (χ1v) is 6.80. The second-order valence-corrected chi connectivity index (χ2v) is 5.11. The van der Waals surface area contributed by atoms with Gasteiger partial charge < -0.3 is 15.5 Å². The maximum atomic E-state index is 11.4. The maximum Gasteiger partial charge on any atom is 0.219 e. The first-order valence-electron chi connectivity index (χ1n) is 6.80. The Morgan fingerprint density at radius 2 is 1.95 bits per heavy atom. The SMILES string of the molecule is CC(=O)N1CCN(c2nccc3cc(N)ccc23)CC1. The van der Waals surface area contributed by atoms with Crippen molar-refractivity contribution in [1.29, 1.82) is 0 Å². The predicted molar refractivity (Wildman–Crippen MR) is 80.6 cm³/mol. The van der Waals surface area contributed by atoms with Crippen LogP contribution in [0.1, 0.15) is 6.92 Å². The van der Waals surface area contributed by atoms with Gasteiger partial charge in [-0.25, -0.2) is 4.98 Å². The number of hydrogen-bond donors (Lipinski definition) is 1. The quantitative estimate of drug-likeness (QED) is 0.797. The molecule has 3 rings (SSSR count). The van der Waals surface area contributed by atoms with Crippen molar-refractivity contribution in [3.8, 4) is 0 Å². The molecule has 1 amide bonds. The highest BCUT2D eigenvalue weighted by Crippen LogP contribution is 2.26. The lowest BCUT2D eigenvalue weighted by atomic mass is 10.1. The van der Waals surface area contributed by atoms with Crippen molar-refractivity contribution in [1.82, 2.24) is 9.88 Å². The minimum absolute atomic E-state index is 0.142. The molecule has 2 N–H and O–H groups in total. The van der Waals surface area contributed by atoms with E-state index in [1.807, 2.05) is 35.4 Å². The molecule has 0 atom stereocenters. The molecule has 0 unspecified atom stereocenters. The van der Waals surface area contributed by atoms with E-state index in [1.54, 1.807) is 6.92 Å². The summed E-state index contributed by atoms with van der Waals surface area (Å²) in [5, 5.41) is 2.21. The van der Waals surface area contributed by atoms with Gasteiger partial charge in [-0.15, -0.1) is 0 Å². The smallest absolute Gasteiger partial charge is 0.219 e. The van der Waals surface area contributed by atoms with Gasteiger partial charge in [0.15, 0.2) is 0 Å². The summed E-state index contributed by atoms with van der Waals surface area (Å²) in [5.74, 6) is 1.12. The Labute approximate surface area is 118 Å². The second kappa shape index (κ2) is 5.00. The van der Waals surface area contributed by atoms with Crippen LogP contribution in [0.4, 0.5) is 11.5 Å². The third-order valence-corrected chi connectivity index (χ3v) is 3.79. The van der Waals surface area contributed by atoms with E-state index in [0.717, 1.165) is 48.5 Å². The number of carbonyl (C=O) groups is 1. The topological polar surface area (TPSA) is 62.5 Å². The van der Waals surface area contributed by atoms with Crippen LogP contribution in [0.2, 0.25) is 0 Å². The van der Waals surface area contributed by atoms with E-state index in [-0.39, 0.29) is 5.91 Å². The lowest BCUT2D eigenvalue weighted by Crippen LogP contribution is -2.48. The van der Waals surface area contributed by atoms with Crippen LogP contribution >= 0.6 is 0 Å². The van der Waals surface area contributed by atoms with E-state index < -0.39 is 0 Å². The molecule has 1 aliphatic rings. The highest BCUT2D eigenvalue weighted by molar-refractivity contribution is 5.94. The second-order valence-electron chi connectivity index (χ2n) is 5.11. The molecule has 2 aromatic rings. The van der Waals surface area contributed by atoms with Gasteiger partial charge in [-0.3, -0.25) is 4.79 Å². The van der Waals surface area contributed by atoms with E-state index in [9.17, 15) is 4.79 Å². The Morgan fingerprint density at radius 3 is 2.65 bits per heavy atom. The molecule has 0 saturated carbocycles. The number of fused-ring (bicyclic) bond motifs is 1. The molecule has 20 heavy (non-hydrogen) atoms. The van der Waals surface area contributed by atoms with Crippen molar-refractivity contribution in [2.45, 2.75) is 6.92 Å². The standard InChI is InChI=1S/C15H18N4O/c1-11(20)18-6-8-19(9-7-18)15-14-3-2-13(16)10-12(14)4-5-17-15/h2-5,10H,6-9,16H2,1H3. The van der Waals surface area contributed by atoms with Crippen molar-refractivity contribution in [2.24, 2.45) is 0 Å². The highest BCUT2D eigenvalue weighted by atomic mass is 16.2. The number of carbonyl (C=O) groups excluding carboxylic acids is 1. The van der Waals surface area contributed by atoms with Crippen molar-refractivity contribution < 1.29 is 4.79 Å². The van der Waals surface area contributed by atoms with E-state index in [2.05, 4.69) is 9.88 Å². The number of pyridine rings is 1. The van der Waals surface area contributed by atoms with Gasteiger partial charge in [-0.1, -0.05) is 0 Å². The number of rotatable bonds is 1. The largest absolute Gasteiger partial charge is 0.399 e. The van der Waals surface area contributed by atoms with Gasteiger partial charge in [-0.05, 0) is 29.7 Å². The Balaban J connectivity index is 1.90. The van der Waals surface area contributed by atoms with Crippen LogP contribution < -0.4 is 10.6 Å². The fraction of sp³-hybridized carbons (Fsp3) is 0.333. The van der Waals surface area contributed by atoms with Crippen LogP contribution in [0, 0.1) is 0 Å². The molecular weight excluding hydrogens is 252 g/mol. The molecule has 0 spiro atoms. The molecule has 5 nitrogen and oxygen atoms in total. The van der Waals surface area contributed by atoms with E-state index in [1.165, 1.54) is 0 Å². The number of nitrogens with zero attached hydrogens (tertiary/aromatic N) is 3. The maximum absolute atomic E-state index is 11.4. The van der Waals surface area contributed by atoms with E-state index in [0.29, 0.717) is 0 Å². The Hall–Kier alpha value is -2.30. The van der Waals surface area contributed by atoms with Crippen molar-refractivity contribution >= 4 is 28.2 Å². The third kappa shape index (κ3) is 2.27. The number of aromatic nitrogens is 1. The van der Waals surface area contributed by atoms with Gasteiger partial charge in [0.25, 0.3) is 0 Å². The van der Waals surface area contributed by atoms with E-state index >= 15 is 0 Å². The zero-order chi connectivity index (χ0) is 14.1. The molecule has 0 radical (unpaired) electrons. The van der Waals surface area contributed by atoms with Gasteiger partial charge in [0, 0.05) is 50.4 Å². The molecule has 0 bridgehead atoms. The average molecular weight is 270 g/mol. The molecule has 104 valence electrons. The molecule has 5 heteroatoms. The molecule has 2 heterocycles. The first kappa shape index (κ1) is 12.7. The predicted octanol–water partition coefficient (Wildman–Crippen LogP) is 1.49. The molecule has 1 fully saturated rings. The van der Waals surface area contributed by atoms with Gasteiger partial charge >= 0.3 is 0 Å². The summed E-state index contributed by atoms with van der Waals surface area (Å²) >= 11 is 0. The van der Waals surface area contributed by atoms with Gasteiger partial charge in [0.2, 0.25) is 5.91 Å². The summed E-state index contributed by atoms with van der Waals surface area (Å²) in [4.78, 5) is 20.0. The van der Waals surface area contributed by atoms with Crippen LogP contribution in [0.25, 0.3) is 10.8 Å². The number of anilines is 2. The van der Waals surface area contributed by atoms with Crippen LogP contribution in [-0.4, -0.2) is 42.0 Å². The van der Waals surface area contributed by atoms with Crippen molar-refractivity contribution in [3.63, 3.8) is 0 Å². The number of nitrogen functional groups attached to an aromatic ring is 1. The number of nitrogens with two attached hydrogens (primary N) is 1. The summed E-state index contributed by atoms with van der Waals surface area (Å²) in [6.45, 7) is 4.76. The number of hydrogen-bond acceptors (Lipinski definition) is 4. The average Bonchev–Trinajstić information content (AvgIpc) is 2.46. The first-order chi connectivity index (χ1) is 9.65. The fourth-order valence-corrected chi connectivity index (χ4v) is 2.67. The molecular formula is C15H18N4O. The van der Waals surface area contributed by atoms with Crippen molar-refractivity contribution in [2.75, 3.05) is 36.8 Å². The minimum atomic E-state index is 0.142. The van der Waals surface area contributed by atoms with E-state index in [4.69, 9.17) is 5.73 Å². The van der Waals surface area contributed by atoms with Crippen molar-refractivity contribution in [3.05, 3.63) is 30.5 Å². The Morgan fingerprint density at radius 1 is 1.20 bits per heavy atom. The summed E-state index contributed by atoms with van der Waals surface area (Å²) in [6.07, 6.45) is 1.81. The summed E-state index contributed by atoms with van der Waals surface area (Å²) < 4.78 is 0. The third-order valence-electron chi connectivity index (χ3n) is 3.79.